The number of rotatable bonds is 7. The van der Waals surface area contributed by atoms with Crippen molar-refractivity contribution in [1.82, 2.24) is 24.9 Å². The van der Waals surface area contributed by atoms with Crippen LogP contribution in [0.1, 0.15) is 53.9 Å². The van der Waals surface area contributed by atoms with E-state index in [4.69, 9.17) is 0 Å². The highest BCUT2D eigenvalue weighted by molar-refractivity contribution is 5.94. The minimum absolute atomic E-state index is 0.0189. The van der Waals surface area contributed by atoms with Crippen LogP contribution in [0.5, 0.6) is 0 Å². The maximum atomic E-state index is 12.8. The van der Waals surface area contributed by atoms with Gasteiger partial charge >= 0.3 is 6.03 Å². The second kappa shape index (κ2) is 10.5. The topological polar surface area (TPSA) is 70.5 Å². The van der Waals surface area contributed by atoms with Crippen molar-refractivity contribution in [2.75, 3.05) is 26.7 Å². The Balaban J connectivity index is 1.52. The van der Waals surface area contributed by atoms with Crippen molar-refractivity contribution in [3.8, 4) is 0 Å². The molecule has 1 aromatic heterocycles. The van der Waals surface area contributed by atoms with Gasteiger partial charge in [-0.2, -0.15) is 5.10 Å². The van der Waals surface area contributed by atoms with Gasteiger partial charge in [-0.1, -0.05) is 12.1 Å². The van der Waals surface area contributed by atoms with Crippen LogP contribution in [-0.4, -0.2) is 58.2 Å². The molecule has 1 fully saturated rings. The van der Waals surface area contributed by atoms with E-state index in [1.165, 1.54) is 5.56 Å². The lowest BCUT2D eigenvalue weighted by Crippen LogP contribution is -2.44. The fourth-order valence-corrected chi connectivity index (χ4v) is 4.14. The molecule has 1 aliphatic heterocycles. The molecule has 1 saturated heterocycles. The lowest BCUT2D eigenvalue weighted by atomic mass is 9.90. The minimum Gasteiger partial charge on any atom is -0.338 e. The summed E-state index contributed by atoms with van der Waals surface area (Å²) in [6.07, 6.45) is 5.04. The molecule has 3 rings (SSSR count). The minimum atomic E-state index is 0.0189. The number of hydrogen-bond acceptors (Lipinski definition) is 3. The van der Waals surface area contributed by atoms with Crippen molar-refractivity contribution in [2.45, 2.75) is 53.1 Å². The molecule has 1 N–H and O–H groups in total. The molecule has 7 heteroatoms. The Hall–Kier alpha value is -2.83. The summed E-state index contributed by atoms with van der Waals surface area (Å²) in [6.45, 7) is 9.65. The van der Waals surface area contributed by atoms with Crippen LogP contribution < -0.4 is 5.32 Å². The third-order valence-electron chi connectivity index (χ3n) is 6.08. The molecule has 3 amide bonds. The molecule has 2 heterocycles. The second-order valence-corrected chi connectivity index (χ2v) is 8.42. The summed E-state index contributed by atoms with van der Waals surface area (Å²) in [6, 6.07) is 8.04. The second-order valence-electron chi connectivity index (χ2n) is 8.42. The molecule has 0 saturated carbocycles. The largest absolute Gasteiger partial charge is 0.338 e. The average molecular weight is 426 g/mol. The monoisotopic (exact) mass is 425 g/mol. The zero-order chi connectivity index (χ0) is 22.4. The Kier molecular flexibility index (Phi) is 7.71. The highest BCUT2D eigenvalue weighted by atomic mass is 16.2. The third-order valence-corrected chi connectivity index (χ3v) is 6.08. The number of benzene rings is 1. The number of aryl methyl sites for hydroxylation is 2. The molecule has 168 valence electrons. The van der Waals surface area contributed by atoms with Crippen LogP contribution in [0.2, 0.25) is 0 Å². The predicted octanol–water partition coefficient (Wildman–Crippen LogP) is 3.47. The molecule has 0 aliphatic carbocycles. The summed E-state index contributed by atoms with van der Waals surface area (Å²) in [5, 5.41) is 7.33. The van der Waals surface area contributed by atoms with E-state index in [9.17, 15) is 9.59 Å². The fourth-order valence-electron chi connectivity index (χ4n) is 4.14. The van der Waals surface area contributed by atoms with Crippen molar-refractivity contribution in [2.24, 2.45) is 5.92 Å². The first kappa shape index (κ1) is 22.8. The quantitative estimate of drug-likeness (QED) is 0.738. The van der Waals surface area contributed by atoms with Gasteiger partial charge in [-0.15, -0.1) is 0 Å². The number of urea groups is 1. The number of piperidine rings is 1. The molecule has 0 radical (unpaired) electrons. The van der Waals surface area contributed by atoms with Gasteiger partial charge in [-0.05, 0) is 63.6 Å². The maximum Gasteiger partial charge on any atom is 0.317 e. The first-order valence-corrected chi connectivity index (χ1v) is 11.3. The first-order valence-electron chi connectivity index (χ1n) is 11.3. The normalized spacial score (nSPS) is 14.5. The standard InChI is InChI=1S/C24H35N5O2/c1-5-25-24(31)28-13-11-20(12-14-28)15-19-7-9-21(10-8-19)23(30)27(4)16-22-17-29(6-2)26-18(22)3/h7-10,17,20H,5-6,11-16H2,1-4H3,(H,25,31). The third kappa shape index (κ3) is 5.87. The number of likely N-dealkylation sites (tertiary alicyclic amines) is 1. The van der Waals surface area contributed by atoms with Gasteiger partial charge in [-0.3, -0.25) is 9.48 Å². The predicted molar refractivity (Wildman–Crippen MR) is 122 cm³/mol. The molecular formula is C24H35N5O2. The van der Waals surface area contributed by atoms with Crippen LogP contribution in [0.3, 0.4) is 0 Å². The lowest BCUT2D eigenvalue weighted by molar-refractivity contribution is 0.0785. The summed E-state index contributed by atoms with van der Waals surface area (Å²) in [7, 11) is 1.83. The van der Waals surface area contributed by atoms with Crippen LogP contribution in [0.15, 0.2) is 30.5 Å². The first-order chi connectivity index (χ1) is 14.9. The zero-order valence-electron chi connectivity index (χ0n) is 19.2. The van der Waals surface area contributed by atoms with Crippen molar-refractivity contribution >= 4 is 11.9 Å². The zero-order valence-corrected chi connectivity index (χ0v) is 19.2. The Morgan fingerprint density at radius 1 is 1.16 bits per heavy atom. The molecule has 0 unspecified atom stereocenters. The molecule has 0 bridgehead atoms. The summed E-state index contributed by atoms with van der Waals surface area (Å²) >= 11 is 0. The number of nitrogens with zero attached hydrogens (tertiary/aromatic N) is 4. The van der Waals surface area contributed by atoms with Gasteiger partial charge in [0.05, 0.1) is 5.69 Å². The van der Waals surface area contributed by atoms with E-state index in [1.54, 1.807) is 4.90 Å². The average Bonchev–Trinajstić information content (AvgIpc) is 3.13. The van der Waals surface area contributed by atoms with Crippen molar-refractivity contribution in [3.05, 3.63) is 52.8 Å². The van der Waals surface area contributed by atoms with Crippen LogP contribution in [-0.2, 0) is 19.5 Å². The molecular weight excluding hydrogens is 390 g/mol. The van der Waals surface area contributed by atoms with E-state index in [2.05, 4.69) is 29.5 Å². The summed E-state index contributed by atoms with van der Waals surface area (Å²) in [5.41, 5.74) is 4.00. The Morgan fingerprint density at radius 2 is 1.84 bits per heavy atom. The van der Waals surface area contributed by atoms with Crippen molar-refractivity contribution in [1.29, 1.82) is 0 Å². The van der Waals surface area contributed by atoms with Crippen LogP contribution in [0, 0.1) is 12.8 Å². The number of aromatic nitrogens is 2. The van der Waals surface area contributed by atoms with Gasteiger partial charge < -0.3 is 15.1 Å². The van der Waals surface area contributed by atoms with E-state index in [1.807, 2.05) is 48.8 Å². The molecule has 7 nitrogen and oxygen atoms in total. The van der Waals surface area contributed by atoms with Crippen molar-refractivity contribution in [3.63, 3.8) is 0 Å². The number of amides is 3. The van der Waals surface area contributed by atoms with E-state index in [-0.39, 0.29) is 11.9 Å². The fraction of sp³-hybridized carbons (Fsp3) is 0.542. The van der Waals surface area contributed by atoms with Gasteiger partial charge in [0.2, 0.25) is 0 Å². The highest BCUT2D eigenvalue weighted by Gasteiger charge is 2.22. The van der Waals surface area contributed by atoms with E-state index < -0.39 is 0 Å². The van der Waals surface area contributed by atoms with E-state index >= 15 is 0 Å². The molecule has 0 spiro atoms. The molecule has 1 aliphatic rings. The van der Waals surface area contributed by atoms with Gasteiger partial charge in [-0.25, -0.2) is 4.79 Å². The summed E-state index contributed by atoms with van der Waals surface area (Å²) in [4.78, 5) is 28.4. The van der Waals surface area contributed by atoms with Crippen LogP contribution in [0.4, 0.5) is 4.79 Å². The SMILES string of the molecule is CCNC(=O)N1CCC(Cc2ccc(C(=O)N(C)Cc3cn(CC)nc3C)cc2)CC1. The van der Waals surface area contributed by atoms with Crippen LogP contribution >= 0.6 is 0 Å². The Labute approximate surface area is 185 Å². The van der Waals surface area contributed by atoms with Gasteiger partial charge in [0, 0.05) is 57.1 Å². The Morgan fingerprint density at radius 3 is 2.42 bits per heavy atom. The van der Waals surface area contributed by atoms with Gasteiger partial charge in [0.15, 0.2) is 0 Å². The molecule has 2 aromatic rings. The summed E-state index contributed by atoms with van der Waals surface area (Å²) in [5.74, 6) is 0.596. The van der Waals surface area contributed by atoms with Gasteiger partial charge in [0.25, 0.3) is 5.91 Å². The maximum absolute atomic E-state index is 12.8. The number of hydrogen-bond donors (Lipinski definition) is 1. The number of carbonyl (C=O) groups excluding carboxylic acids is 2. The van der Waals surface area contributed by atoms with E-state index in [0.717, 1.165) is 50.2 Å². The molecule has 0 atom stereocenters. The van der Waals surface area contributed by atoms with Gasteiger partial charge in [0.1, 0.15) is 0 Å². The number of carbonyl (C=O) groups is 2. The summed E-state index contributed by atoms with van der Waals surface area (Å²) < 4.78 is 1.90. The Bertz CT molecular complexity index is 882. The van der Waals surface area contributed by atoms with E-state index in [0.29, 0.717) is 24.6 Å². The highest BCUT2D eigenvalue weighted by Crippen LogP contribution is 2.22. The smallest absolute Gasteiger partial charge is 0.317 e. The molecule has 1 aromatic carbocycles. The van der Waals surface area contributed by atoms with Crippen molar-refractivity contribution < 1.29 is 9.59 Å². The molecule has 31 heavy (non-hydrogen) atoms. The number of nitrogens with one attached hydrogen (secondary N) is 1. The van der Waals surface area contributed by atoms with Crippen LogP contribution in [0.25, 0.3) is 0 Å². The lowest BCUT2D eigenvalue weighted by Gasteiger charge is -2.32.